The first-order valence-electron chi connectivity index (χ1n) is 9.28. The second kappa shape index (κ2) is 10.9. The number of hydrogen-bond acceptors (Lipinski definition) is 4. The molecule has 0 bridgehead atoms. The number of pyridine rings is 1. The zero-order chi connectivity index (χ0) is 19.9. The maximum Gasteiger partial charge on any atom is 0.191 e. The fraction of sp³-hybridized carbons (Fsp3) is 0.333. The van der Waals surface area contributed by atoms with E-state index in [2.05, 4.69) is 38.0 Å². The Morgan fingerprint density at radius 2 is 1.90 bits per heavy atom. The van der Waals surface area contributed by atoms with E-state index in [0.717, 1.165) is 28.5 Å². The molecule has 0 aliphatic heterocycles. The predicted octanol–water partition coefficient (Wildman–Crippen LogP) is 3.40. The van der Waals surface area contributed by atoms with Crippen molar-refractivity contribution in [2.45, 2.75) is 26.5 Å². The summed E-state index contributed by atoms with van der Waals surface area (Å²) < 4.78 is 13.4. The fourth-order valence-corrected chi connectivity index (χ4v) is 2.89. The zero-order valence-electron chi connectivity index (χ0n) is 17.2. The summed E-state index contributed by atoms with van der Waals surface area (Å²) in [6.45, 7) is 5.25. The highest BCUT2D eigenvalue weighted by Crippen LogP contribution is 2.26. The summed E-state index contributed by atoms with van der Waals surface area (Å²) in [6.07, 6.45) is 1.98. The van der Waals surface area contributed by atoms with Crippen LogP contribution in [-0.4, -0.2) is 42.2 Å². The average molecular weight is 509 g/mol. The molecule has 0 saturated heterocycles. The lowest BCUT2D eigenvalue weighted by Crippen LogP contribution is -2.41. The summed E-state index contributed by atoms with van der Waals surface area (Å²) in [5, 5.41) is 6.57. The topological polar surface area (TPSA) is 72.2 Å². The fourth-order valence-electron chi connectivity index (χ4n) is 2.89. The third-order valence-corrected chi connectivity index (χ3v) is 4.36. The Hall–Kier alpha value is -2.49. The lowest BCUT2D eigenvalue weighted by atomic mass is 10.3. The van der Waals surface area contributed by atoms with E-state index >= 15 is 0 Å². The smallest absolute Gasteiger partial charge is 0.191 e. The molecular formula is C21H28IN5O2. The molecule has 0 amide bonds. The normalized spacial score (nSPS) is 12.2. The number of ether oxygens (including phenoxy) is 2. The number of benzene rings is 1. The molecule has 2 aromatic heterocycles. The van der Waals surface area contributed by atoms with Gasteiger partial charge in [-0.1, -0.05) is 18.2 Å². The second-order valence-corrected chi connectivity index (χ2v) is 6.51. The van der Waals surface area contributed by atoms with E-state index in [9.17, 15) is 0 Å². The monoisotopic (exact) mass is 509 g/mol. The van der Waals surface area contributed by atoms with Crippen molar-refractivity contribution in [2.24, 2.45) is 4.99 Å². The van der Waals surface area contributed by atoms with Crippen LogP contribution in [0.3, 0.4) is 0 Å². The van der Waals surface area contributed by atoms with Crippen LogP contribution in [0, 0.1) is 6.92 Å². The largest absolute Gasteiger partial charge is 0.493 e. The lowest BCUT2D eigenvalue weighted by molar-refractivity contribution is 0.213. The molecule has 1 aromatic carbocycles. The number of para-hydroxylation sites is 2. The minimum absolute atomic E-state index is 0. The Balaban J connectivity index is 0.00000300. The van der Waals surface area contributed by atoms with Crippen LogP contribution in [0.4, 0.5) is 0 Å². The van der Waals surface area contributed by atoms with Gasteiger partial charge in [0.15, 0.2) is 17.5 Å². The van der Waals surface area contributed by atoms with E-state index in [1.165, 1.54) is 0 Å². The molecule has 0 aliphatic carbocycles. The summed E-state index contributed by atoms with van der Waals surface area (Å²) in [7, 11) is 3.38. The summed E-state index contributed by atoms with van der Waals surface area (Å²) in [5.74, 6) is 2.14. The quantitative estimate of drug-likeness (QED) is 0.290. The zero-order valence-corrected chi connectivity index (χ0v) is 19.5. The number of fused-ring (bicyclic) bond motifs is 1. The van der Waals surface area contributed by atoms with Gasteiger partial charge in [0.2, 0.25) is 0 Å². The van der Waals surface area contributed by atoms with E-state index in [1.54, 1.807) is 14.2 Å². The molecule has 3 rings (SSSR count). The molecule has 0 radical (unpaired) electrons. The Labute approximate surface area is 188 Å². The van der Waals surface area contributed by atoms with Crippen LogP contribution < -0.4 is 20.1 Å². The molecule has 2 heterocycles. The summed E-state index contributed by atoms with van der Waals surface area (Å²) in [5.41, 5.74) is 3.05. The maximum absolute atomic E-state index is 5.96. The molecule has 2 N–H and O–H groups in total. The minimum atomic E-state index is -0.0623. The number of nitrogens with one attached hydrogen (secondary N) is 2. The first-order valence-corrected chi connectivity index (χ1v) is 9.28. The van der Waals surface area contributed by atoms with E-state index in [-0.39, 0.29) is 30.1 Å². The SMILES string of the molecule is CN=C(NCc1cn2c(C)cccc2n1)NCC(C)Oc1ccccc1OC.I. The number of aliphatic imine (C=N–C) groups is 1. The van der Waals surface area contributed by atoms with Crippen LogP contribution in [0.1, 0.15) is 18.3 Å². The molecule has 0 saturated carbocycles. The molecule has 156 valence electrons. The van der Waals surface area contributed by atoms with Gasteiger partial charge in [0.05, 0.1) is 25.9 Å². The molecule has 1 atom stereocenters. The van der Waals surface area contributed by atoms with Crippen LogP contribution in [0.5, 0.6) is 11.5 Å². The van der Waals surface area contributed by atoms with Crippen molar-refractivity contribution in [1.82, 2.24) is 20.0 Å². The molecule has 29 heavy (non-hydrogen) atoms. The molecule has 8 heteroatoms. The molecule has 0 spiro atoms. The van der Waals surface area contributed by atoms with Crippen molar-refractivity contribution in [1.29, 1.82) is 0 Å². The standard InChI is InChI=1S/C21H27N5O2.HI/c1-15-8-7-11-20-25-17(14-26(15)20)13-24-21(22-3)23-12-16(2)28-19-10-6-5-9-18(19)27-4;/h5-11,14,16H,12-13H2,1-4H3,(H2,22,23,24);1H. The molecular weight excluding hydrogens is 481 g/mol. The van der Waals surface area contributed by atoms with Crippen LogP contribution in [0.25, 0.3) is 5.65 Å². The number of guanidine groups is 1. The first-order chi connectivity index (χ1) is 13.6. The Morgan fingerprint density at radius 3 is 2.59 bits per heavy atom. The average Bonchev–Trinajstić information content (AvgIpc) is 3.13. The number of nitrogens with zero attached hydrogens (tertiary/aromatic N) is 3. The number of imidazole rings is 1. The van der Waals surface area contributed by atoms with E-state index in [4.69, 9.17) is 9.47 Å². The second-order valence-electron chi connectivity index (χ2n) is 6.51. The van der Waals surface area contributed by atoms with Gasteiger partial charge in [-0.05, 0) is 38.1 Å². The number of aromatic nitrogens is 2. The minimum Gasteiger partial charge on any atom is -0.493 e. The highest BCUT2D eigenvalue weighted by atomic mass is 127. The van der Waals surface area contributed by atoms with Gasteiger partial charge in [-0.15, -0.1) is 24.0 Å². The number of hydrogen-bond donors (Lipinski definition) is 2. The van der Waals surface area contributed by atoms with Gasteiger partial charge in [0.25, 0.3) is 0 Å². The van der Waals surface area contributed by atoms with Gasteiger partial charge in [-0.3, -0.25) is 4.99 Å². The van der Waals surface area contributed by atoms with Crippen LogP contribution in [0.2, 0.25) is 0 Å². The summed E-state index contributed by atoms with van der Waals surface area (Å²) >= 11 is 0. The number of aryl methyl sites for hydroxylation is 1. The van der Waals surface area contributed by atoms with Gasteiger partial charge < -0.3 is 24.5 Å². The van der Waals surface area contributed by atoms with Crippen molar-refractivity contribution in [3.05, 3.63) is 60.0 Å². The number of rotatable bonds is 7. The lowest BCUT2D eigenvalue weighted by Gasteiger charge is -2.18. The summed E-state index contributed by atoms with van der Waals surface area (Å²) in [4.78, 5) is 8.90. The highest BCUT2D eigenvalue weighted by molar-refractivity contribution is 14.0. The molecule has 7 nitrogen and oxygen atoms in total. The third kappa shape index (κ3) is 5.99. The maximum atomic E-state index is 5.96. The molecule has 1 unspecified atom stereocenters. The van der Waals surface area contributed by atoms with Gasteiger partial charge in [-0.25, -0.2) is 4.98 Å². The van der Waals surface area contributed by atoms with E-state index in [1.807, 2.05) is 49.5 Å². The van der Waals surface area contributed by atoms with E-state index in [0.29, 0.717) is 19.0 Å². The van der Waals surface area contributed by atoms with Crippen molar-refractivity contribution in [3.8, 4) is 11.5 Å². The van der Waals surface area contributed by atoms with Crippen molar-refractivity contribution in [2.75, 3.05) is 20.7 Å². The van der Waals surface area contributed by atoms with Crippen molar-refractivity contribution in [3.63, 3.8) is 0 Å². The predicted molar refractivity (Wildman–Crippen MR) is 127 cm³/mol. The molecule has 0 fully saturated rings. The van der Waals surface area contributed by atoms with Crippen LogP contribution >= 0.6 is 24.0 Å². The first kappa shape index (κ1) is 22.8. The number of methoxy groups -OCH3 is 1. The van der Waals surface area contributed by atoms with Gasteiger partial charge >= 0.3 is 0 Å². The van der Waals surface area contributed by atoms with Crippen LogP contribution in [-0.2, 0) is 6.54 Å². The van der Waals surface area contributed by atoms with Gasteiger partial charge in [0, 0.05) is 18.9 Å². The van der Waals surface area contributed by atoms with Crippen molar-refractivity contribution < 1.29 is 9.47 Å². The Kier molecular flexibility index (Phi) is 8.56. The van der Waals surface area contributed by atoms with Crippen LogP contribution in [0.15, 0.2) is 53.7 Å². The number of halogens is 1. The highest BCUT2D eigenvalue weighted by Gasteiger charge is 2.10. The third-order valence-electron chi connectivity index (χ3n) is 4.36. The molecule has 3 aromatic rings. The Bertz CT molecular complexity index is 957. The molecule has 0 aliphatic rings. The van der Waals surface area contributed by atoms with E-state index < -0.39 is 0 Å². The Morgan fingerprint density at radius 1 is 1.14 bits per heavy atom. The summed E-state index contributed by atoms with van der Waals surface area (Å²) in [6, 6.07) is 13.7. The van der Waals surface area contributed by atoms with Gasteiger partial charge in [-0.2, -0.15) is 0 Å². The van der Waals surface area contributed by atoms with Gasteiger partial charge in [0.1, 0.15) is 11.8 Å². The van der Waals surface area contributed by atoms with Crippen molar-refractivity contribution >= 4 is 35.6 Å².